The number of anilines is 1. The molecule has 2 aromatic carbocycles. The van der Waals surface area contributed by atoms with Gasteiger partial charge in [0, 0.05) is 23.3 Å². The Balaban J connectivity index is 1.97. The van der Waals surface area contributed by atoms with E-state index >= 15 is 0 Å². The first kappa shape index (κ1) is 18.7. The van der Waals surface area contributed by atoms with Crippen molar-refractivity contribution in [1.29, 1.82) is 5.26 Å². The number of urea groups is 1. The summed E-state index contributed by atoms with van der Waals surface area (Å²) in [6, 6.07) is 17.8. The summed E-state index contributed by atoms with van der Waals surface area (Å²) < 4.78 is 0. The molecule has 0 N–H and O–H groups in total. The Bertz CT molecular complexity index is 904. The molecule has 27 heavy (non-hydrogen) atoms. The van der Waals surface area contributed by atoms with Gasteiger partial charge in [0.1, 0.15) is 6.07 Å². The maximum Gasteiger partial charge on any atom is 0.327 e. The number of nitriles is 1. The molecule has 2 aromatic rings. The van der Waals surface area contributed by atoms with Crippen molar-refractivity contribution in [2.24, 2.45) is 5.16 Å². The summed E-state index contributed by atoms with van der Waals surface area (Å²) in [7, 11) is 1.71. The maximum absolute atomic E-state index is 12.8. The van der Waals surface area contributed by atoms with Crippen molar-refractivity contribution in [3.05, 3.63) is 65.2 Å². The Morgan fingerprint density at radius 1 is 1.19 bits per heavy atom. The Morgan fingerprint density at radius 3 is 2.41 bits per heavy atom. The second-order valence-corrected chi connectivity index (χ2v) is 7.15. The summed E-state index contributed by atoms with van der Waals surface area (Å²) in [5, 5.41) is 14.1. The third-order valence-corrected chi connectivity index (χ3v) is 4.95. The van der Waals surface area contributed by atoms with Gasteiger partial charge in [-0.2, -0.15) is 5.26 Å². The van der Waals surface area contributed by atoms with Crippen molar-refractivity contribution in [2.75, 3.05) is 11.9 Å². The van der Waals surface area contributed by atoms with E-state index in [-0.39, 0.29) is 11.7 Å². The molecule has 0 bridgehead atoms. The standard InChI is InChI=1S/C20H19ClN4O2/c1-20(2)18(27-23-17(13-22)14-7-5-4-6-8-14)25(19(26)24(20)3)16-11-9-15(21)10-12-16/h4-12,18H,1-3H3. The Morgan fingerprint density at radius 2 is 1.81 bits per heavy atom. The van der Waals surface area contributed by atoms with Gasteiger partial charge in [0.15, 0.2) is 5.71 Å². The van der Waals surface area contributed by atoms with Gasteiger partial charge in [-0.15, -0.1) is 0 Å². The average molecular weight is 383 g/mol. The molecule has 6 nitrogen and oxygen atoms in total. The van der Waals surface area contributed by atoms with E-state index in [4.69, 9.17) is 16.4 Å². The first-order valence-electron chi connectivity index (χ1n) is 8.38. The number of nitrogens with zero attached hydrogens (tertiary/aromatic N) is 4. The number of carbonyl (C=O) groups excluding carboxylic acids is 1. The molecule has 138 valence electrons. The average Bonchev–Trinajstić information content (AvgIpc) is 2.84. The largest absolute Gasteiger partial charge is 0.366 e. The highest BCUT2D eigenvalue weighted by Gasteiger charge is 2.52. The molecule has 7 heteroatoms. The van der Waals surface area contributed by atoms with E-state index in [1.165, 1.54) is 4.90 Å². The summed E-state index contributed by atoms with van der Waals surface area (Å²) in [6.45, 7) is 3.77. The predicted molar refractivity (Wildman–Crippen MR) is 105 cm³/mol. The molecule has 3 rings (SSSR count). The van der Waals surface area contributed by atoms with Crippen LogP contribution in [0.1, 0.15) is 19.4 Å². The molecule has 1 saturated heterocycles. The van der Waals surface area contributed by atoms with E-state index in [9.17, 15) is 10.1 Å². The van der Waals surface area contributed by atoms with Crippen LogP contribution in [0.25, 0.3) is 0 Å². The number of amides is 2. The Kier molecular flexibility index (Phi) is 5.06. The van der Waals surface area contributed by atoms with E-state index in [1.54, 1.807) is 48.3 Å². The quantitative estimate of drug-likeness (QED) is 0.586. The molecule has 0 aromatic heterocycles. The zero-order chi connectivity index (χ0) is 19.6. The number of hydrogen-bond donors (Lipinski definition) is 0. The van der Waals surface area contributed by atoms with Crippen LogP contribution in [0, 0.1) is 11.3 Å². The minimum atomic E-state index is -0.719. The fourth-order valence-corrected chi connectivity index (χ4v) is 2.98. The number of benzene rings is 2. The molecule has 1 aliphatic rings. The molecule has 1 unspecified atom stereocenters. The van der Waals surface area contributed by atoms with Crippen molar-refractivity contribution in [3.63, 3.8) is 0 Å². The Hall–Kier alpha value is -3.04. The third kappa shape index (κ3) is 3.46. The third-order valence-electron chi connectivity index (χ3n) is 4.70. The summed E-state index contributed by atoms with van der Waals surface area (Å²) >= 11 is 5.96. The Labute approximate surface area is 163 Å². The summed E-state index contributed by atoms with van der Waals surface area (Å²) in [5.74, 6) is 0. The van der Waals surface area contributed by atoms with Crippen molar-refractivity contribution < 1.29 is 9.63 Å². The molecular formula is C20H19ClN4O2. The summed E-state index contributed by atoms with van der Waals surface area (Å²) in [4.78, 5) is 21.7. The lowest BCUT2D eigenvalue weighted by atomic mass is 10.0. The van der Waals surface area contributed by atoms with Crippen LogP contribution in [0.5, 0.6) is 0 Å². The summed E-state index contributed by atoms with van der Waals surface area (Å²) in [5.41, 5.74) is 0.760. The number of oxime groups is 1. The zero-order valence-electron chi connectivity index (χ0n) is 15.3. The number of likely N-dealkylation sites (N-methyl/N-ethyl adjacent to an activating group) is 1. The van der Waals surface area contributed by atoms with Gasteiger partial charge in [0.05, 0.1) is 5.54 Å². The van der Waals surface area contributed by atoms with Gasteiger partial charge in [0.2, 0.25) is 6.23 Å². The van der Waals surface area contributed by atoms with Crippen LogP contribution in [0.15, 0.2) is 59.8 Å². The number of halogens is 1. The van der Waals surface area contributed by atoms with Crippen molar-refractivity contribution in [3.8, 4) is 6.07 Å². The molecule has 0 saturated carbocycles. The fraction of sp³-hybridized carbons (Fsp3) is 0.250. The number of carbonyl (C=O) groups is 1. The van der Waals surface area contributed by atoms with Crippen molar-refractivity contribution >= 4 is 29.0 Å². The van der Waals surface area contributed by atoms with Gasteiger partial charge >= 0.3 is 6.03 Å². The lowest BCUT2D eigenvalue weighted by molar-refractivity contribution is 0.000881. The predicted octanol–water partition coefficient (Wildman–Crippen LogP) is 4.26. The van der Waals surface area contributed by atoms with Crippen LogP contribution in [0.4, 0.5) is 10.5 Å². The molecule has 1 aliphatic heterocycles. The van der Waals surface area contributed by atoms with Gasteiger partial charge < -0.3 is 9.74 Å². The van der Waals surface area contributed by atoms with Crippen LogP contribution in [0.3, 0.4) is 0 Å². The van der Waals surface area contributed by atoms with Gasteiger partial charge in [-0.25, -0.2) is 4.79 Å². The van der Waals surface area contributed by atoms with Crippen LogP contribution >= 0.6 is 11.6 Å². The molecule has 1 atom stereocenters. The minimum Gasteiger partial charge on any atom is -0.366 e. The highest BCUT2D eigenvalue weighted by atomic mass is 35.5. The van der Waals surface area contributed by atoms with Crippen LogP contribution in [0.2, 0.25) is 5.02 Å². The normalized spacial score (nSPS) is 19.1. The molecule has 2 amide bonds. The van der Waals surface area contributed by atoms with E-state index in [1.807, 2.05) is 38.1 Å². The van der Waals surface area contributed by atoms with E-state index < -0.39 is 11.8 Å². The molecule has 0 spiro atoms. The molecule has 1 fully saturated rings. The van der Waals surface area contributed by atoms with Gasteiger partial charge in [-0.1, -0.05) is 47.1 Å². The van der Waals surface area contributed by atoms with Crippen LogP contribution in [-0.2, 0) is 4.84 Å². The van der Waals surface area contributed by atoms with Gasteiger partial charge in [-0.3, -0.25) is 4.90 Å². The smallest absolute Gasteiger partial charge is 0.327 e. The monoisotopic (exact) mass is 382 g/mol. The topological polar surface area (TPSA) is 68.9 Å². The lowest BCUT2D eigenvalue weighted by Gasteiger charge is -2.31. The lowest BCUT2D eigenvalue weighted by Crippen LogP contribution is -2.46. The molecular weight excluding hydrogens is 364 g/mol. The number of rotatable bonds is 4. The van der Waals surface area contributed by atoms with E-state index in [2.05, 4.69) is 5.16 Å². The summed E-state index contributed by atoms with van der Waals surface area (Å²) in [6.07, 6.45) is -0.719. The van der Waals surface area contributed by atoms with Crippen molar-refractivity contribution in [2.45, 2.75) is 25.6 Å². The molecule has 0 radical (unpaired) electrons. The van der Waals surface area contributed by atoms with Gasteiger partial charge in [-0.05, 0) is 38.1 Å². The van der Waals surface area contributed by atoms with Crippen LogP contribution < -0.4 is 4.90 Å². The highest BCUT2D eigenvalue weighted by molar-refractivity contribution is 6.30. The number of hydrogen-bond acceptors (Lipinski definition) is 4. The SMILES string of the molecule is CN1C(=O)N(c2ccc(Cl)cc2)C(ON=C(C#N)c2ccccc2)C1(C)C. The second-order valence-electron chi connectivity index (χ2n) is 6.72. The first-order chi connectivity index (χ1) is 12.9. The second kappa shape index (κ2) is 7.29. The zero-order valence-corrected chi connectivity index (χ0v) is 16.0. The molecule has 1 heterocycles. The van der Waals surface area contributed by atoms with E-state index in [0.29, 0.717) is 16.3 Å². The van der Waals surface area contributed by atoms with E-state index in [0.717, 1.165) is 0 Å². The first-order valence-corrected chi connectivity index (χ1v) is 8.76. The minimum absolute atomic E-state index is 0.143. The van der Waals surface area contributed by atoms with Crippen LogP contribution in [-0.4, -0.2) is 35.5 Å². The highest BCUT2D eigenvalue weighted by Crippen LogP contribution is 2.36. The van der Waals surface area contributed by atoms with Gasteiger partial charge in [0.25, 0.3) is 0 Å². The van der Waals surface area contributed by atoms with Crippen molar-refractivity contribution in [1.82, 2.24) is 4.90 Å². The molecule has 0 aliphatic carbocycles. The fourth-order valence-electron chi connectivity index (χ4n) is 2.85. The maximum atomic E-state index is 12.8.